The molecule has 1 saturated heterocycles. The lowest BCUT2D eigenvalue weighted by molar-refractivity contribution is 0.330. The maximum Gasteiger partial charge on any atom is 0.311 e. The van der Waals surface area contributed by atoms with Crippen LogP contribution in [0.5, 0.6) is 0 Å². The normalized spacial score (nSPS) is 27.0. The SMILES string of the molecule is CC1([Si](C)(C)O[Si](C)(C)O[Si](C)(C)C)CO1. The van der Waals surface area contributed by atoms with Crippen LogP contribution in [0.15, 0.2) is 0 Å². The van der Waals surface area contributed by atoms with E-state index < -0.39 is 25.2 Å². The molecule has 1 atom stereocenters. The molecule has 96 valence electrons. The third-order valence-electron chi connectivity index (χ3n) is 2.90. The predicted octanol–water partition coefficient (Wildman–Crippen LogP) is 3.09. The van der Waals surface area contributed by atoms with Gasteiger partial charge in [0.2, 0.25) is 8.32 Å². The van der Waals surface area contributed by atoms with E-state index in [-0.39, 0.29) is 5.22 Å². The Balaban J connectivity index is 2.65. The highest BCUT2D eigenvalue weighted by molar-refractivity contribution is 6.88. The monoisotopic (exact) mass is 278 g/mol. The zero-order valence-corrected chi connectivity index (χ0v) is 14.9. The maximum atomic E-state index is 6.39. The van der Waals surface area contributed by atoms with Crippen molar-refractivity contribution in [2.24, 2.45) is 0 Å². The minimum Gasteiger partial charge on any atom is -0.437 e. The van der Waals surface area contributed by atoms with E-state index in [0.717, 1.165) is 6.61 Å². The zero-order valence-electron chi connectivity index (χ0n) is 11.9. The summed E-state index contributed by atoms with van der Waals surface area (Å²) in [5, 5.41) is 0.0140. The van der Waals surface area contributed by atoms with Gasteiger partial charge in [-0.25, -0.2) is 0 Å². The first-order chi connectivity index (χ1) is 6.87. The van der Waals surface area contributed by atoms with Crippen molar-refractivity contribution in [1.82, 2.24) is 0 Å². The first-order valence-corrected chi connectivity index (χ1v) is 15.0. The molecular formula is C10H26O3Si3. The Hall–Kier alpha value is 0.531. The van der Waals surface area contributed by atoms with E-state index in [1.54, 1.807) is 0 Å². The van der Waals surface area contributed by atoms with Crippen LogP contribution in [-0.4, -0.2) is 37.0 Å². The summed E-state index contributed by atoms with van der Waals surface area (Å²) in [7, 11) is -5.31. The van der Waals surface area contributed by atoms with E-state index in [9.17, 15) is 0 Å². The number of epoxide rings is 1. The fourth-order valence-electron chi connectivity index (χ4n) is 1.94. The van der Waals surface area contributed by atoms with E-state index in [1.165, 1.54) is 0 Å². The lowest BCUT2D eigenvalue weighted by Crippen LogP contribution is -2.57. The molecule has 0 aromatic heterocycles. The minimum atomic E-state index is -2.00. The number of rotatable bonds is 5. The molecule has 0 radical (unpaired) electrons. The fourth-order valence-corrected chi connectivity index (χ4v) is 14.9. The lowest BCUT2D eigenvalue weighted by Gasteiger charge is -2.39. The van der Waals surface area contributed by atoms with Gasteiger partial charge >= 0.3 is 8.56 Å². The summed E-state index contributed by atoms with van der Waals surface area (Å²) in [5.74, 6) is 0. The van der Waals surface area contributed by atoms with Crippen molar-refractivity contribution in [2.75, 3.05) is 6.61 Å². The third kappa shape index (κ3) is 3.78. The van der Waals surface area contributed by atoms with E-state index in [2.05, 4.69) is 52.8 Å². The van der Waals surface area contributed by atoms with Crippen LogP contribution < -0.4 is 0 Å². The Morgan fingerprint density at radius 3 is 1.69 bits per heavy atom. The Bertz CT molecular complexity index is 267. The van der Waals surface area contributed by atoms with Crippen molar-refractivity contribution in [1.29, 1.82) is 0 Å². The van der Waals surface area contributed by atoms with Gasteiger partial charge in [-0.1, -0.05) is 0 Å². The van der Waals surface area contributed by atoms with Crippen molar-refractivity contribution >= 4 is 25.2 Å². The summed E-state index contributed by atoms with van der Waals surface area (Å²) in [6, 6.07) is 0. The molecule has 1 rings (SSSR count). The summed E-state index contributed by atoms with van der Waals surface area (Å²) < 4.78 is 18.2. The van der Waals surface area contributed by atoms with Gasteiger partial charge in [-0.2, -0.15) is 0 Å². The van der Waals surface area contributed by atoms with Gasteiger partial charge in [0.1, 0.15) is 5.22 Å². The van der Waals surface area contributed by atoms with Crippen LogP contribution >= 0.6 is 0 Å². The van der Waals surface area contributed by atoms with Crippen LogP contribution in [-0.2, 0) is 13.0 Å². The first-order valence-electron chi connectivity index (χ1n) is 5.91. The van der Waals surface area contributed by atoms with Crippen LogP contribution in [0.1, 0.15) is 6.92 Å². The Morgan fingerprint density at radius 2 is 1.38 bits per heavy atom. The van der Waals surface area contributed by atoms with Gasteiger partial charge in [0, 0.05) is 0 Å². The average molecular weight is 279 g/mol. The van der Waals surface area contributed by atoms with Crippen LogP contribution in [0.25, 0.3) is 0 Å². The summed E-state index contributed by atoms with van der Waals surface area (Å²) in [6.45, 7) is 18.5. The molecule has 0 amide bonds. The summed E-state index contributed by atoms with van der Waals surface area (Å²) >= 11 is 0. The van der Waals surface area contributed by atoms with E-state index in [1.807, 2.05) is 0 Å². The standard InChI is InChI=1S/C10H26O3Si3/c1-10(9-11-10)15(5,6)13-16(7,8)12-14(2,3)4/h9H2,1-8H3. The minimum absolute atomic E-state index is 0.0140. The molecule has 0 bridgehead atoms. The highest BCUT2D eigenvalue weighted by atomic mass is 28.5. The summed E-state index contributed by atoms with van der Waals surface area (Å²) in [5.41, 5.74) is 0. The van der Waals surface area contributed by atoms with Crippen molar-refractivity contribution in [3.8, 4) is 0 Å². The highest BCUT2D eigenvalue weighted by Crippen LogP contribution is 2.39. The second-order valence-corrected chi connectivity index (χ2v) is 19.5. The smallest absolute Gasteiger partial charge is 0.311 e. The number of hydrogen-bond donors (Lipinski definition) is 0. The van der Waals surface area contributed by atoms with Gasteiger partial charge in [-0.3, -0.25) is 0 Å². The van der Waals surface area contributed by atoms with Crippen LogP contribution in [0.4, 0.5) is 0 Å². The van der Waals surface area contributed by atoms with Gasteiger partial charge in [0.15, 0.2) is 8.32 Å². The van der Waals surface area contributed by atoms with E-state index in [0.29, 0.717) is 0 Å². The molecule has 0 N–H and O–H groups in total. The molecule has 0 aliphatic carbocycles. The summed E-state index contributed by atoms with van der Waals surface area (Å²) in [6.07, 6.45) is 0. The van der Waals surface area contributed by atoms with Crippen molar-refractivity contribution < 1.29 is 13.0 Å². The average Bonchev–Trinajstić information content (AvgIpc) is 2.59. The molecule has 0 aromatic rings. The molecule has 6 heteroatoms. The van der Waals surface area contributed by atoms with Crippen molar-refractivity contribution in [2.45, 2.75) is 58.0 Å². The van der Waals surface area contributed by atoms with E-state index >= 15 is 0 Å². The second-order valence-electron chi connectivity index (χ2n) is 6.75. The van der Waals surface area contributed by atoms with Gasteiger partial charge < -0.3 is 13.0 Å². The fraction of sp³-hybridized carbons (Fsp3) is 1.00. The largest absolute Gasteiger partial charge is 0.437 e. The molecule has 0 aromatic carbocycles. The Morgan fingerprint density at radius 1 is 0.938 bits per heavy atom. The molecule has 1 aliphatic heterocycles. The quantitative estimate of drug-likeness (QED) is 0.572. The van der Waals surface area contributed by atoms with Crippen LogP contribution in [0.3, 0.4) is 0 Å². The first kappa shape index (κ1) is 14.6. The van der Waals surface area contributed by atoms with Crippen molar-refractivity contribution in [3.05, 3.63) is 0 Å². The molecule has 1 unspecified atom stereocenters. The Labute approximate surface area is 103 Å². The predicted molar refractivity (Wildman–Crippen MR) is 74.8 cm³/mol. The molecular weight excluding hydrogens is 252 g/mol. The molecule has 1 fully saturated rings. The second kappa shape index (κ2) is 4.03. The zero-order chi connectivity index (χ0) is 12.8. The van der Waals surface area contributed by atoms with E-state index in [4.69, 9.17) is 13.0 Å². The van der Waals surface area contributed by atoms with Crippen LogP contribution in [0, 0.1) is 0 Å². The molecule has 1 aliphatic rings. The van der Waals surface area contributed by atoms with Gasteiger partial charge in [0.05, 0.1) is 6.61 Å². The maximum absolute atomic E-state index is 6.39. The van der Waals surface area contributed by atoms with Crippen molar-refractivity contribution in [3.63, 3.8) is 0 Å². The van der Waals surface area contributed by atoms with Gasteiger partial charge in [-0.05, 0) is 52.8 Å². The molecule has 0 spiro atoms. The summed E-state index contributed by atoms with van der Waals surface area (Å²) in [4.78, 5) is 0. The molecule has 1 heterocycles. The molecule has 3 nitrogen and oxygen atoms in total. The topological polar surface area (TPSA) is 31.0 Å². The third-order valence-corrected chi connectivity index (χ3v) is 14.2. The Kier molecular flexibility index (Phi) is 3.67. The van der Waals surface area contributed by atoms with Crippen LogP contribution in [0.2, 0.25) is 45.8 Å². The molecule has 16 heavy (non-hydrogen) atoms. The lowest BCUT2D eigenvalue weighted by atomic mass is 10.6. The number of hydrogen-bond acceptors (Lipinski definition) is 3. The number of ether oxygens (including phenoxy) is 1. The highest BCUT2D eigenvalue weighted by Gasteiger charge is 2.58. The van der Waals surface area contributed by atoms with Gasteiger partial charge in [-0.15, -0.1) is 0 Å². The van der Waals surface area contributed by atoms with Gasteiger partial charge in [0.25, 0.3) is 0 Å². The molecule has 0 saturated carbocycles.